The molecule has 2 heteroatoms. The Morgan fingerprint density at radius 1 is 1.26 bits per heavy atom. The molecular formula is C17H24N2. The first-order chi connectivity index (χ1) is 9.09. The summed E-state index contributed by atoms with van der Waals surface area (Å²) in [5.74, 6) is 1.02. The third-order valence-corrected chi connectivity index (χ3v) is 4.50. The summed E-state index contributed by atoms with van der Waals surface area (Å²) in [5, 5.41) is 13.3. The summed E-state index contributed by atoms with van der Waals surface area (Å²) >= 11 is 0. The first kappa shape index (κ1) is 14.1. The second-order valence-corrected chi connectivity index (χ2v) is 6.10. The average molecular weight is 256 g/mol. The van der Waals surface area contributed by atoms with Gasteiger partial charge >= 0.3 is 0 Å². The molecule has 2 nitrogen and oxygen atoms in total. The van der Waals surface area contributed by atoms with Gasteiger partial charge in [-0.1, -0.05) is 50.6 Å². The van der Waals surface area contributed by atoms with Gasteiger partial charge in [0.15, 0.2) is 0 Å². The Morgan fingerprint density at radius 2 is 1.95 bits per heavy atom. The minimum Gasteiger partial charge on any atom is -0.293 e. The van der Waals surface area contributed by atoms with E-state index in [0.717, 1.165) is 12.8 Å². The molecular weight excluding hydrogens is 232 g/mol. The van der Waals surface area contributed by atoms with Crippen molar-refractivity contribution in [3.63, 3.8) is 0 Å². The number of benzene rings is 1. The molecule has 0 heterocycles. The number of hydrogen-bond acceptors (Lipinski definition) is 2. The summed E-state index contributed by atoms with van der Waals surface area (Å²) in [5.41, 5.74) is 0.912. The maximum atomic E-state index is 9.72. The molecule has 0 aliphatic heterocycles. The van der Waals surface area contributed by atoms with Crippen LogP contribution in [0.5, 0.6) is 0 Å². The van der Waals surface area contributed by atoms with Crippen LogP contribution in [0.3, 0.4) is 0 Å². The van der Waals surface area contributed by atoms with E-state index >= 15 is 0 Å². The first-order valence-corrected chi connectivity index (χ1v) is 7.33. The van der Waals surface area contributed by atoms with Crippen LogP contribution in [0, 0.1) is 23.2 Å². The van der Waals surface area contributed by atoms with E-state index in [0.29, 0.717) is 11.8 Å². The molecule has 102 valence electrons. The van der Waals surface area contributed by atoms with E-state index in [9.17, 15) is 5.26 Å². The van der Waals surface area contributed by atoms with Crippen molar-refractivity contribution in [3.05, 3.63) is 35.9 Å². The average Bonchev–Trinajstić information content (AvgIpc) is 2.84. The minimum absolute atomic E-state index is 0.222. The maximum Gasteiger partial charge on any atom is 0.110 e. The monoisotopic (exact) mass is 256 g/mol. The molecule has 1 N–H and O–H groups in total. The summed E-state index contributed by atoms with van der Waals surface area (Å²) in [6, 6.07) is 13.2. The van der Waals surface area contributed by atoms with Gasteiger partial charge in [0.25, 0.3) is 0 Å². The SMILES string of the molecule is CC(C)[C@@H]1CCC[C@@]1(C#N)N[C@H](C)c1ccccc1. The van der Waals surface area contributed by atoms with Gasteiger partial charge in [-0.15, -0.1) is 0 Å². The van der Waals surface area contributed by atoms with Crippen LogP contribution in [0.2, 0.25) is 0 Å². The van der Waals surface area contributed by atoms with Gasteiger partial charge in [-0.2, -0.15) is 5.26 Å². The van der Waals surface area contributed by atoms with Gasteiger partial charge in [-0.25, -0.2) is 0 Å². The minimum atomic E-state index is -0.344. The van der Waals surface area contributed by atoms with E-state index in [-0.39, 0.29) is 11.6 Å². The Kier molecular flexibility index (Phi) is 4.27. The topological polar surface area (TPSA) is 35.8 Å². The molecule has 0 unspecified atom stereocenters. The van der Waals surface area contributed by atoms with Crippen molar-refractivity contribution in [3.8, 4) is 6.07 Å². The summed E-state index contributed by atoms with van der Waals surface area (Å²) in [7, 11) is 0. The van der Waals surface area contributed by atoms with E-state index in [1.807, 2.05) is 6.07 Å². The Labute approximate surface area is 116 Å². The van der Waals surface area contributed by atoms with E-state index in [2.05, 4.69) is 56.4 Å². The smallest absolute Gasteiger partial charge is 0.110 e. The fourth-order valence-electron chi connectivity index (χ4n) is 3.50. The van der Waals surface area contributed by atoms with Crippen LogP contribution >= 0.6 is 0 Å². The highest BCUT2D eigenvalue weighted by molar-refractivity contribution is 5.22. The molecule has 2 rings (SSSR count). The number of nitrogens with zero attached hydrogens (tertiary/aromatic N) is 1. The van der Waals surface area contributed by atoms with Gasteiger partial charge < -0.3 is 0 Å². The van der Waals surface area contributed by atoms with E-state index in [4.69, 9.17) is 0 Å². The molecule has 1 fully saturated rings. The molecule has 0 aromatic heterocycles. The standard InChI is InChI=1S/C17H24N2/c1-13(2)16-10-7-11-17(16,12-18)19-14(3)15-8-5-4-6-9-15/h4-6,8-9,13-14,16,19H,7,10-11H2,1-3H3/t14-,16+,17+/m1/s1. The first-order valence-electron chi connectivity index (χ1n) is 7.33. The van der Waals surface area contributed by atoms with Crippen LogP contribution in [0.4, 0.5) is 0 Å². The summed E-state index contributed by atoms with van der Waals surface area (Å²) in [6.07, 6.45) is 3.30. The van der Waals surface area contributed by atoms with Crippen molar-refractivity contribution < 1.29 is 0 Å². The lowest BCUT2D eigenvalue weighted by atomic mass is 9.80. The third-order valence-electron chi connectivity index (χ3n) is 4.50. The molecule has 0 radical (unpaired) electrons. The second-order valence-electron chi connectivity index (χ2n) is 6.10. The Hall–Kier alpha value is -1.33. The highest BCUT2D eigenvalue weighted by atomic mass is 15.0. The molecule has 0 saturated heterocycles. The molecule has 0 bridgehead atoms. The van der Waals surface area contributed by atoms with Crippen LogP contribution in [0.15, 0.2) is 30.3 Å². The quantitative estimate of drug-likeness (QED) is 0.882. The lowest BCUT2D eigenvalue weighted by Crippen LogP contribution is -2.49. The van der Waals surface area contributed by atoms with Crippen LogP contribution in [0.25, 0.3) is 0 Å². The predicted octanol–water partition coefficient (Wildman–Crippen LogP) is 4.06. The van der Waals surface area contributed by atoms with Crippen LogP contribution < -0.4 is 5.32 Å². The van der Waals surface area contributed by atoms with Crippen molar-refractivity contribution in [1.82, 2.24) is 5.32 Å². The lowest BCUT2D eigenvalue weighted by Gasteiger charge is -2.35. The Bertz CT molecular complexity index is 446. The highest BCUT2D eigenvalue weighted by Gasteiger charge is 2.45. The molecule has 1 aromatic carbocycles. The van der Waals surface area contributed by atoms with E-state index in [1.54, 1.807) is 0 Å². The number of rotatable bonds is 4. The molecule has 3 atom stereocenters. The maximum absolute atomic E-state index is 9.72. The molecule has 1 aromatic rings. The van der Waals surface area contributed by atoms with Crippen LogP contribution in [0.1, 0.15) is 51.6 Å². The predicted molar refractivity (Wildman–Crippen MR) is 78.5 cm³/mol. The summed E-state index contributed by atoms with van der Waals surface area (Å²) in [4.78, 5) is 0. The van der Waals surface area contributed by atoms with Crippen molar-refractivity contribution >= 4 is 0 Å². The summed E-state index contributed by atoms with van der Waals surface area (Å²) < 4.78 is 0. The Morgan fingerprint density at radius 3 is 2.53 bits per heavy atom. The highest BCUT2D eigenvalue weighted by Crippen LogP contribution is 2.41. The van der Waals surface area contributed by atoms with Gasteiger partial charge in [0.1, 0.15) is 5.54 Å². The fraction of sp³-hybridized carbons (Fsp3) is 0.588. The van der Waals surface area contributed by atoms with E-state index in [1.165, 1.54) is 12.0 Å². The molecule has 1 aliphatic carbocycles. The molecule has 0 amide bonds. The lowest BCUT2D eigenvalue weighted by molar-refractivity contribution is 0.233. The van der Waals surface area contributed by atoms with Gasteiger partial charge in [0, 0.05) is 6.04 Å². The third kappa shape index (κ3) is 2.82. The van der Waals surface area contributed by atoms with E-state index < -0.39 is 0 Å². The van der Waals surface area contributed by atoms with Crippen molar-refractivity contribution in [1.29, 1.82) is 5.26 Å². The molecule has 19 heavy (non-hydrogen) atoms. The zero-order chi connectivity index (χ0) is 13.9. The van der Waals surface area contributed by atoms with Crippen LogP contribution in [-0.2, 0) is 0 Å². The number of nitrogens with one attached hydrogen (secondary N) is 1. The van der Waals surface area contributed by atoms with Gasteiger partial charge in [0.2, 0.25) is 0 Å². The fourth-order valence-corrected chi connectivity index (χ4v) is 3.50. The second kappa shape index (κ2) is 5.75. The molecule has 0 spiro atoms. The number of nitriles is 1. The normalized spacial score (nSPS) is 28.3. The van der Waals surface area contributed by atoms with Crippen LogP contribution in [-0.4, -0.2) is 5.54 Å². The van der Waals surface area contributed by atoms with Crippen molar-refractivity contribution in [2.75, 3.05) is 0 Å². The van der Waals surface area contributed by atoms with Gasteiger partial charge in [0.05, 0.1) is 6.07 Å². The zero-order valence-electron chi connectivity index (χ0n) is 12.2. The van der Waals surface area contributed by atoms with Crippen molar-refractivity contribution in [2.24, 2.45) is 11.8 Å². The molecule has 1 saturated carbocycles. The van der Waals surface area contributed by atoms with Gasteiger partial charge in [-0.3, -0.25) is 5.32 Å². The van der Waals surface area contributed by atoms with Gasteiger partial charge in [-0.05, 0) is 37.2 Å². The zero-order valence-corrected chi connectivity index (χ0v) is 12.2. The van der Waals surface area contributed by atoms with Crippen molar-refractivity contribution in [2.45, 2.75) is 51.6 Å². The Balaban J connectivity index is 2.17. The molecule has 1 aliphatic rings. The summed E-state index contributed by atoms with van der Waals surface area (Å²) in [6.45, 7) is 6.62. The number of hydrogen-bond donors (Lipinski definition) is 1. The largest absolute Gasteiger partial charge is 0.293 e.